The van der Waals surface area contributed by atoms with E-state index >= 15 is 0 Å². The predicted octanol–water partition coefficient (Wildman–Crippen LogP) is 5.17. The SMILES string of the molecule is C=CC(=O)Cc1ccc(C(=O)Oc2ccc(-c3ccc(CC(=O)C=C)cc3)cc2)cc1. The molecular weight excluding hydrogens is 388 g/mol. The molecule has 0 N–H and O–H groups in total. The second kappa shape index (κ2) is 10.1. The van der Waals surface area contributed by atoms with Gasteiger partial charge in [0.05, 0.1) is 5.56 Å². The van der Waals surface area contributed by atoms with E-state index in [2.05, 4.69) is 13.2 Å². The normalized spacial score (nSPS) is 10.2. The van der Waals surface area contributed by atoms with Crippen molar-refractivity contribution in [3.05, 3.63) is 115 Å². The first-order valence-corrected chi connectivity index (χ1v) is 9.79. The van der Waals surface area contributed by atoms with Gasteiger partial charge in [0.25, 0.3) is 0 Å². The Hall–Kier alpha value is -4.05. The van der Waals surface area contributed by atoms with Crippen molar-refractivity contribution >= 4 is 17.5 Å². The van der Waals surface area contributed by atoms with Gasteiger partial charge in [-0.15, -0.1) is 0 Å². The molecule has 0 atom stereocenters. The predicted molar refractivity (Wildman–Crippen MR) is 121 cm³/mol. The standard InChI is InChI=1S/C27H22O4/c1-3-24(28)17-19-5-9-21(10-6-19)22-13-15-26(16-14-22)31-27(30)23-11-7-20(8-12-23)18-25(29)4-2/h3-16H,1-2,17-18H2. The van der Waals surface area contributed by atoms with E-state index in [0.717, 1.165) is 22.3 Å². The van der Waals surface area contributed by atoms with Crippen molar-refractivity contribution in [2.75, 3.05) is 0 Å². The molecular formula is C27H22O4. The zero-order chi connectivity index (χ0) is 22.2. The second-order valence-corrected chi connectivity index (χ2v) is 7.00. The Morgan fingerprint density at radius 1 is 0.645 bits per heavy atom. The fraction of sp³-hybridized carbons (Fsp3) is 0.0741. The van der Waals surface area contributed by atoms with Crippen molar-refractivity contribution in [1.82, 2.24) is 0 Å². The van der Waals surface area contributed by atoms with E-state index in [0.29, 0.717) is 17.7 Å². The van der Waals surface area contributed by atoms with Gasteiger partial charge in [0.15, 0.2) is 11.6 Å². The largest absolute Gasteiger partial charge is 0.423 e. The van der Waals surface area contributed by atoms with Crippen LogP contribution in [0.2, 0.25) is 0 Å². The van der Waals surface area contributed by atoms with Crippen molar-refractivity contribution in [2.24, 2.45) is 0 Å². The summed E-state index contributed by atoms with van der Waals surface area (Å²) in [5.41, 5.74) is 4.11. The molecule has 0 aliphatic heterocycles. The van der Waals surface area contributed by atoms with Crippen LogP contribution in [0.4, 0.5) is 0 Å². The van der Waals surface area contributed by atoms with E-state index in [-0.39, 0.29) is 18.0 Å². The maximum Gasteiger partial charge on any atom is 0.343 e. The monoisotopic (exact) mass is 410 g/mol. The summed E-state index contributed by atoms with van der Waals surface area (Å²) in [5.74, 6) is -0.118. The molecule has 4 nitrogen and oxygen atoms in total. The third kappa shape index (κ3) is 5.97. The summed E-state index contributed by atoms with van der Waals surface area (Å²) < 4.78 is 5.44. The molecule has 0 bridgehead atoms. The Bertz CT molecular complexity index is 1110. The van der Waals surface area contributed by atoms with Gasteiger partial charge in [-0.05, 0) is 58.7 Å². The van der Waals surface area contributed by atoms with Crippen molar-refractivity contribution in [1.29, 1.82) is 0 Å². The lowest BCUT2D eigenvalue weighted by atomic mass is 10.0. The Balaban J connectivity index is 1.63. The van der Waals surface area contributed by atoms with E-state index in [1.165, 1.54) is 12.2 Å². The van der Waals surface area contributed by atoms with E-state index in [9.17, 15) is 14.4 Å². The number of hydrogen-bond acceptors (Lipinski definition) is 4. The highest BCUT2D eigenvalue weighted by Gasteiger charge is 2.10. The number of carbonyl (C=O) groups is 3. The first-order chi connectivity index (χ1) is 15.0. The molecule has 0 fully saturated rings. The van der Waals surface area contributed by atoms with Crippen LogP contribution >= 0.6 is 0 Å². The highest BCUT2D eigenvalue weighted by atomic mass is 16.5. The van der Waals surface area contributed by atoms with Gasteiger partial charge in [0.1, 0.15) is 5.75 Å². The van der Waals surface area contributed by atoms with E-state index in [1.54, 1.807) is 36.4 Å². The average molecular weight is 410 g/mol. The number of ketones is 2. The minimum absolute atomic E-state index is 0.0150. The Kier molecular flexibility index (Phi) is 7.07. The molecule has 3 aromatic rings. The molecule has 3 aromatic carbocycles. The summed E-state index contributed by atoms with van der Waals surface area (Å²) in [7, 11) is 0. The Labute approximate surface area is 181 Å². The molecule has 0 amide bonds. The summed E-state index contributed by atoms with van der Waals surface area (Å²) in [6, 6.07) is 21.7. The lowest BCUT2D eigenvalue weighted by Crippen LogP contribution is -2.08. The van der Waals surface area contributed by atoms with Gasteiger partial charge in [-0.3, -0.25) is 9.59 Å². The summed E-state index contributed by atoms with van der Waals surface area (Å²) in [6.45, 7) is 6.94. The fourth-order valence-electron chi connectivity index (χ4n) is 3.00. The van der Waals surface area contributed by atoms with Crippen molar-refractivity contribution in [3.63, 3.8) is 0 Å². The van der Waals surface area contributed by atoms with Crippen LogP contribution in [0, 0.1) is 0 Å². The van der Waals surface area contributed by atoms with Gasteiger partial charge in [-0.1, -0.05) is 61.7 Å². The molecule has 4 heteroatoms. The van der Waals surface area contributed by atoms with Gasteiger partial charge in [-0.2, -0.15) is 0 Å². The number of benzene rings is 3. The van der Waals surface area contributed by atoms with Crippen molar-refractivity contribution in [3.8, 4) is 16.9 Å². The topological polar surface area (TPSA) is 60.4 Å². The number of rotatable bonds is 9. The summed E-state index contributed by atoms with van der Waals surface area (Å²) in [5, 5.41) is 0. The van der Waals surface area contributed by atoms with Crippen molar-refractivity contribution in [2.45, 2.75) is 12.8 Å². The molecule has 0 radical (unpaired) electrons. The minimum atomic E-state index is -0.467. The maximum absolute atomic E-state index is 12.4. The highest BCUT2D eigenvalue weighted by molar-refractivity contribution is 5.93. The zero-order valence-electron chi connectivity index (χ0n) is 17.0. The van der Waals surface area contributed by atoms with Gasteiger partial charge >= 0.3 is 5.97 Å². The third-order valence-electron chi connectivity index (χ3n) is 4.75. The number of ether oxygens (including phenoxy) is 1. The molecule has 3 rings (SSSR count). The molecule has 0 heterocycles. The Morgan fingerprint density at radius 3 is 1.52 bits per heavy atom. The molecule has 0 spiro atoms. The van der Waals surface area contributed by atoms with Gasteiger partial charge in [-0.25, -0.2) is 4.79 Å². The molecule has 154 valence electrons. The Morgan fingerprint density at radius 2 is 1.06 bits per heavy atom. The molecule has 31 heavy (non-hydrogen) atoms. The lowest BCUT2D eigenvalue weighted by Gasteiger charge is -2.07. The smallest absolute Gasteiger partial charge is 0.343 e. The minimum Gasteiger partial charge on any atom is -0.423 e. The van der Waals surface area contributed by atoms with E-state index in [1.807, 2.05) is 36.4 Å². The third-order valence-corrected chi connectivity index (χ3v) is 4.75. The molecule has 0 saturated heterocycles. The van der Waals surface area contributed by atoms with E-state index in [4.69, 9.17) is 4.74 Å². The van der Waals surface area contributed by atoms with Gasteiger partial charge < -0.3 is 4.74 Å². The lowest BCUT2D eigenvalue weighted by molar-refractivity contribution is -0.114. The fourth-order valence-corrected chi connectivity index (χ4v) is 3.00. The first-order valence-electron chi connectivity index (χ1n) is 9.79. The molecule has 0 aromatic heterocycles. The molecule has 0 unspecified atom stereocenters. The van der Waals surface area contributed by atoms with Crippen LogP contribution in [-0.4, -0.2) is 17.5 Å². The van der Waals surface area contributed by atoms with Crippen LogP contribution < -0.4 is 4.74 Å². The maximum atomic E-state index is 12.4. The summed E-state index contributed by atoms with van der Waals surface area (Å²) in [6.07, 6.45) is 3.20. The van der Waals surface area contributed by atoms with Gasteiger partial charge in [0.2, 0.25) is 0 Å². The van der Waals surface area contributed by atoms with Crippen LogP contribution in [0.3, 0.4) is 0 Å². The van der Waals surface area contributed by atoms with Crippen LogP contribution in [0.1, 0.15) is 21.5 Å². The van der Waals surface area contributed by atoms with Crippen LogP contribution in [0.15, 0.2) is 98.1 Å². The van der Waals surface area contributed by atoms with Crippen LogP contribution in [0.25, 0.3) is 11.1 Å². The van der Waals surface area contributed by atoms with Crippen molar-refractivity contribution < 1.29 is 19.1 Å². The number of carbonyl (C=O) groups excluding carboxylic acids is 3. The summed E-state index contributed by atoms with van der Waals surface area (Å²) in [4.78, 5) is 35.2. The summed E-state index contributed by atoms with van der Waals surface area (Å²) >= 11 is 0. The molecule has 0 aliphatic rings. The van der Waals surface area contributed by atoms with Crippen LogP contribution in [0.5, 0.6) is 5.75 Å². The molecule has 0 saturated carbocycles. The van der Waals surface area contributed by atoms with E-state index < -0.39 is 5.97 Å². The number of hydrogen-bond donors (Lipinski definition) is 0. The highest BCUT2D eigenvalue weighted by Crippen LogP contribution is 2.23. The van der Waals surface area contributed by atoms with Gasteiger partial charge in [0, 0.05) is 12.8 Å². The van der Waals surface area contributed by atoms with Crippen LogP contribution in [-0.2, 0) is 22.4 Å². The quantitative estimate of drug-likeness (QED) is 0.277. The zero-order valence-corrected chi connectivity index (χ0v) is 17.0. The number of esters is 1. The second-order valence-electron chi connectivity index (χ2n) is 7.00. The number of allylic oxidation sites excluding steroid dienone is 2. The molecule has 0 aliphatic carbocycles. The average Bonchev–Trinajstić information content (AvgIpc) is 2.80. The first kappa shape index (κ1) is 21.7.